The fourth-order valence-electron chi connectivity index (χ4n) is 1.69. The number of amides is 1. The highest BCUT2D eigenvalue weighted by molar-refractivity contribution is 6.30. The van der Waals surface area contributed by atoms with E-state index in [-0.39, 0.29) is 5.02 Å². The van der Waals surface area contributed by atoms with Gasteiger partial charge in [0.25, 0.3) is 0 Å². The molecule has 0 spiro atoms. The van der Waals surface area contributed by atoms with Gasteiger partial charge in [-0.05, 0) is 63.6 Å². The van der Waals surface area contributed by atoms with Crippen LogP contribution in [0.4, 0.5) is 14.9 Å². The normalized spacial score (nSPS) is 10.5. The van der Waals surface area contributed by atoms with Crippen LogP contribution in [-0.2, 0) is 4.74 Å². The molecule has 0 bridgehead atoms. The number of anilines is 1. The van der Waals surface area contributed by atoms with Gasteiger partial charge >= 0.3 is 6.09 Å². The van der Waals surface area contributed by atoms with Gasteiger partial charge in [0.1, 0.15) is 22.9 Å². The van der Waals surface area contributed by atoms with E-state index in [0.29, 0.717) is 17.2 Å². The van der Waals surface area contributed by atoms with E-state index in [1.165, 1.54) is 12.1 Å². The van der Waals surface area contributed by atoms with Crippen LogP contribution in [0.25, 0.3) is 0 Å². The fraction of sp³-hybridized carbons (Fsp3) is 0.278. The van der Waals surface area contributed by atoms with Gasteiger partial charge in [-0.15, -0.1) is 0 Å². The molecule has 0 saturated carbocycles. The summed E-state index contributed by atoms with van der Waals surface area (Å²) in [6, 6.07) is 9.58. The Morgan fingerprint density at radius 3 is 2.12 bits per heavy atom. The molecule has 0 saturated heterocycles. The standard InChI is InChI=1S/C13H11ClFNO.C5H11NO2/c1-8-6-9(3-5-13(8)16)17-10-2-4-11(14)12(15)7-10;1-5(2,3)8-4(6)7/h2-7H,16H2,1H3;1-3H3,(H2,6,7). The van der Waals surface area contributed by atoms with Gasteiger partial charge < -0.3 is 20.9 Å². The topological polar surface area (TPSA) is 87.6 Å². The molecule has 0 atom stereocenters. The molecule has 2 aromatic rings. The molecule has 136 valence electrons. The number of carbonyl (C=O) groups excluding carboxylic acids is 1. The average molecular weight is 369 g/mol. The van der Waals surface area contributed by atoms with Crippen molar-refractivity contribution in [3.63, 3.8) is 0 Å². The second kappa shape index (κ2) is 8.58. The predicted octanol–water partition coefficient (Wildman–Crippen LogP) is 5.04. The molecule has 5 nitrogen and oxygen atoms in total. The molecule has 0 aromatic heterocycles. The maximum Gasteiger partial charge on any atom is 0.405 e. The molecule has 0 heterocycles. The Kier molecular flexibility index (Phi) is 7.06. The third-order valence-corrected chi connectivity index (χ3v) is 3.08. The SMILES string of the molecule is CC(C)(C)OC(N)=O.Cc1cc(Oc2ccc(Cl)c(F)c2)ccc1N. The Morgan fingerprint density at radius 2 is 1.68 bits per heavy atom. The van der Waals surface area contributed by atoms with E-state index in [1.54, 1.807) is 45.0 Å². The molecule has 0 unspecified atom stereocenters. The maximum absolute atomic E-state index is 13.2. The summed E-state index contributed by atoms with van der Waals surface area (Å²) in [4.78, 5) is 10.0. The van der Waals surface area contributed by atoms with Crippen molar-refractivity contribution in [1.82, 2.24) is 0 Å². The summed E-state index contributed by atoms with van der Waals surface area (Å²) in [5, 5.41) is 0.0748. The highest BCUT2D eigenvalue weighted by atomic mass is 35.5. The largest absolute Gasteiger partial charge is 0.457 e. The van der Waals surface area contributed by atoms with Gasteiger partial charge in [-0.3, -0.25) is 0 Å². The Hall–Kier alpha value is -2.47. The summed E-state index contributed by atoms with van der Waals surface area (Å²) in [5.74, 6) is 0.505. The van der Waals surface area contributed by atoms with Crippen molar-refractivity contribution in [3.05, 3.63) is 52.8 Å². The van der Waals surface area contributed by atoms with Crippen LogP contribution in [0.3, 0.4) is 0 Å². The fourth-order valence-corrected chi connectivity index (χ4v) is 1.81. The lowest BCUT2D eigenvalue weighted by Gasteiger charge is -2.16. The zero-order valence-electron chi connectivity index (χ0n) is 14.6. The lowest BCUT2D eigenvalue weighted by Crippen LogP contribution is -2.27. The average Bonchev–Trinajstić information content (AvgIpc) is 2.45. The monoisotopic (exact) mass is 368 g/mol. The first kappa shape index (κ1) is 20.6. The van der Waals surface area contributed by atoms with Gasteiger partial charge in [-0.25, -0.2) is 9.18 Å². The van der Waals surface area contributed by atoms with Crippen molar-refractivity contribution in [2.75, 3.05) is 5.73 Å². The smallest absolute Gasteiger partial charge is 0.405 e. The Morgan fingerprint density at radius 1 is 1.12 bits per heavy atom. The van der Waals surface area contributed by atoms with Crippen molar-refractivity contribution in [1.29, 1.82) is 0 Å². The number of rotatable bonds is 2. The molecule has 0 aliphatic carbocycles. The molecule has 0 fully saturated rings. The molecule has 2 aromatic carbocycles. The summed E-state index contributed by atoms with van der Waals surface area (Å²) >= 11 is 5.58. The molecule has 0 radical (unpaired) electrons. The highest BCUT2D eigenvalue weighted by Gasteiger charge is 2.12. The number of benzene rings is 2. The van der Waals surface area contributed by atoms with Crippen molar-refractivity contribution in [3.8, 4) is 11.5 Å². The first-order valence-corrected chi connectivity index (χ1v) is 7.83. The molecule has 1 amide bonds. The summed E-state index contributed by atoms with van der Waals surface area (Å²) in [5.41, 5.74) is 11.6. The van der Waals surface area contributed by atoms with E-state index in [1.807, 2.05) is 6.92 Å². The Balaban J connectivity index is 0.000000333. The van der Waals surface area contributed by atoms with Gasteiger partial charge in [0.15, 0.2) is 0 Å². The minimum atomic E-state index is -0.725. The molecule has 0 aliphatic heterocycles. The molecular formula is C18H22ClFN2O3. The zero-order chi connectivity index (χ0) is 19.2. The first-order valence-electron chi connectivity index (χ1n) is 7.45. The van der Waals surface area contributed by atoms with E-state index in [9.17, 15) is 9.18 Å². The molecule has 4 N–H and O–H groups in total. The van der Waals surface area contributed by atoms with Crippen molar-refractivity contribution >= 4 is 23.4 Å². The van der Waals surface area contributed by atoms with Crippen LogP contribution in [0.15, 0.2) is 36.4 Å². The number of carbonyl (C=O) groups is 1. The second-order valence-electron chi connectivity index (χ2n) is 6.23. The molecule has 7 heteroatoms. The predicted molar refractivity (Wildman–Crippen MR) is 97.5 cm³/mol. The third kappa shape index (κ3) is 7.76. The van der Waals surface area contributed by atoms with E-state index < -0.39 is 17.5 Å². The number of halogens is 2. The van der Waals surface area contributed by atoms with E-state index >= 15 is 0 Å². The van der Waals surface area contributed by atoms with Crippen LogP contribution in [0.5, 0.6) is 11.5 Å². The number of nitrogen functional groups attached to an aromatic ring is 1. The van der Waals surface area contributed by atoms with E-state index in [0.717, 1.165) is 5.56 Å². The quantitative estimate of drug-likeness (QED) is 0.726. The second-order valence-corrected chi connectivity index (χ2v) is 6.64. The van der Waals surface area contributed by atoms with Crippen molar-refractivity contribution < 1.29 is 18.7 Å². The molecular weight excluding hydrogens is 347 g/mol. The lowest BCUT2D eigenvalue weighted by atomic mass is 10.2. The molecule has 25 heavy (non-hydrogen) atoms. The van der Waals surface area contributed by atoms with E-state index in [2.05, 4.69) is 4.74 Å². The molecule has 0 aliphatic rings. The zero-order valence-corrected chi connectivity index (χ0v) is 15.4. The highest BCUT2D eigenvalue weighted by Crippen LogP contribution is 2.27. The number of hydrogen-bond donors (Lipinski definition) is 2. The summed E-state index contributed by atoms with van der Waals surface area (Å²) in [6.07, 6.45) is -0.725. The number of aryl methyl sites for hydroxylation is 1. The van der Waals surface area contributed by atoms with Gasteiger partial charge in [-0.2, -0.15) is 0 Å². The Bertz CT molecular complexity index is 696. The van der Waals surface area contributed by atoms with Crippen molar-refractivity contribution in [2.24, 2.45) is 5.73 Å². The number of hydrogen-bond acceptors (Lipinski definition) is 4. The van der Waals surface area contributed by atoms with Gasteiger partial charge in [-0.1, -0.05) is 11.6 Å². The maximum atomic E-state index is 13.2. The summed E-state index contributed by atoms with van der Waals surface area (Å²) in [7, 11) is 0. The third-order valence-electron chi connectivity index (χ3n) is 2.77. The number of nitrogens with two attached hydrogens (primary N) is 2. The van der Waals surface area contributed by atoms with Gasteiger partial charge in [0.05, 0.1) is 5.02 Å². The number of ether oxygens (including phenoxy) is 2. The lowest BCUT2D eigenvalue weighted by molar-refractivity contribution is 0.0600. The van der Waals surface area contributed by atoms with Gasteiger partial charge in [0.2, 0.25) is 0 Å². The minimum Gasteiger partial charge on any atom is -0.457 e. The van der Waals surface area contributed by atoms with Crippen molar-refractivity contribution in [2.45, 2.75) is 33.3 Å². The molecule has 2 rings (SSSR count). The van der Waals surface area contributed by atoms with Crippen LogP contribution in [0.1, 0.15) is 26.3 Å². The minimum absolute atomic E-state index is 0.0748. The van der Waals surface area contributed by atoms with Crippen LogP contribution in [0.2, 0.25) is 5.02 Å². The number of primary amides is 1. The van der Waals surface area contributed by atoms with E-state index in [4.69, 9.17) is 27.8 Å². The van der Waals surface area contributed by atoms with Gasteiger partial charge in [0, 0.05) is 11.8 Å². The van der Waals surface area contributed by atoms with Crippen LogP contribution in [0, 0.1) is 12.7 Å². The first-order chi connectivity index (χ1) is 11.5. The van der Waals surface area contributed by atoms with Crippen LogP contribution < -0.4 is 16.2 Å². The summed E-state index contributed by atoms with van der Waals surface area (Å²) < 4.78 is 23.3. The van der Waals surface area contributed by atoms with Crippen LogP contribution >= 0.6 is 11.6 Å². The Labute approximate surface area is 151 Å². The summed E-state index contributed by atoms with van der Waals surface area (Å²) in [6.45, 7) is 7.16. The van der Waals surface area contributed by atoms with Crippen LogP contribution in [-0.4, -0.2) is 11.7 Å².